The molecule has 0 bridgehead atoms. The number of hydrogen-bond acceptors (Lipinski definition) is 4. The van der Waals surface area contributed by atoms with Gasteiger partial charge in [-0.25, -0.2) is 0 Å². The third kappa shape index (κ3) is 4.48. The van der Waals surface area contributed by atoms with Crippen molar-refractivity contribution in [1.29, 1.82) is 0 Å². The number of anilines is 1. The molecule has 1 aliphatic heterocycles. The summed E-state index contributed by atoms with van der Waals surface area (Å²) in [7, 11) is 1.92. The summed E-state index contributed by atoms with van der Waals surface area (Å²) >= 11 is 0. The largest absolute Gasteiger partial charge is 0.484 e. The van der Waals surface area contributed by atoms with Crippen molar-refractivity contribution >= 4 is 17.5 Å². The van der Waals surface area contributed by atoms with Crippen LogP contribution in [0.25, 0.3) is 0 Å². The van der Waals surface area contributed by atoms with E-state index in [1.165, 1.54) is 5.56 Å². The Morgan fingerprint density at radius 2 is 2.00 bits per heavy atom. The van der Waals surface area contributed by atoms with Crippen LogP contribution >= 0.6 is 0 Å². The number of amides is 2. The van der Waals surface area contributed by atoms with Gasteiger partial charge >= 0.3 is 0 Å². The average molecular weight is 370 g/mol. The van der Waals surface area contributed by atoms with Crippen LogP contribution in [0.5, 0.6) is 5.75 Å². The van der Waals surface area contributed by atoms with Crippen molar-refractivity contribution in [1.82, 2.24) is 15.1 Å². The minimum absolute atomic E-state index is 0.0347. The lowest BCUT2D eigenvalue weighted by atomic mass is 10.1. The minimum atomic E-state index is -0.159. The summed E-state index contributed by atoms with van der Waals surface area (Å²) in [4.78, 5) is 25.5. The molecule has 1 aromatic heterocycles. The molecule has 1 fully saturated rings. The second-order valence-electron chi connectivity index (χ2n) is 6.80. The summed E-state index contributed by atoms with van der Waals surface area (Å²) in [5, 5.41) is 7.25. The van der Waals surface area contributed by atoms with Crippen molar-refractivity contribution < 1.29 is 14.3 Å². The molecule has 0 atom stereocenters. The monoisotopic (exact) mass is 370 g/mol. The standard InChI is InChI=1S/C20H26N4O3/c1-14-18(15(2)23(3)22-14)10-11-21-19(25)13-27-17-8-6-16(7-9-17)24-12-4-5-20(24)26/h6-9H,4-5,10-13H2,1-3H3,(H,21,25). The Hall–Kier alpha value is -2.83. The second kappa shape index (κ2) is 8.24. The lowest BCUT2D eigenvalue weighted by Crippen LogP contribution is -2.30. The Morgan fingerprint density at radius 1 is 1.26 bits per heavy atom. The zero-order valence-electron chi connectivity index (χ0n) is 16.1. The van der Waals surface area contributed by atoms with Crippen LogP contribution in [0.3, 0.4) is 0 Å². The molecule has 1 saturated heterocycles. The molecule has 2 aromatic rings. The summed E-state index contributed by atoms with van der Waals surface area (Å²) in [6.07, 6.45) is 2.25. The van der Waals surface area contributed by atoms with Gasteiger partial charge in [0.1, 0.15) is 5.75 Å². The minimum Gasteiger partial charge on any atom is -0.484 e. The number of carbonyl (C=O) groups excluding carboxylic acids is 2. The number of benzene rings is 1. The van der Waals surface area contributed by atoms with E-state index in [2.05, 4.69) is 10.4 Å². The molecule has 144 valence electrons. The molecule has 0 radical (unpaired) electrons. The van der Waals surface area contributed by atoms with Crippen LogP contribution < -0.4 is 15.0 Å². The molecule has 1 N–H and O–H groups in total. The SMILES string of the molecule is Cc1nn(C)c(C)c1CCNC(=O)COc1ccc(N2CCCC2=O)cc1. The van der Waals surface area contributed by atoms with E-state index in [9.17, 15) is 9.59 Å². The molecule has 27 heavy (non-hydrogen) atoms. The van der Waals surface area contributed by atoms with E-state index in [4.69, 9.17) is 4.74 Å². The van der Waals surface area contributed by atoms with Crippen LogP contribution in [0.4, 0.5) is 5.69 Å². The lowest BCUT2D eigenvalue weighted by Gasteiger charge is -2.16. The smallest absolute Gasteiger partial charge is 0.257 e. The Kier molecular flexibility index (Phi) is 5.78. The quantitative estimate of drug-likeness (QED) is 0.808. The molecule has 7 nitrogen and oxygen atoms in total. The number of rotatable bonds is 7. The Morgan fingerprint density at radius 3 is 2.59 bits per heavy atom. The molecular formula is C20H26N4O3. The number of carbonyl (C=O) groups is 2. The maximum absolute atomic E-state index is 12.0. The average Bonchev–Trinajstić information content (AvgIpc) is 3.18. The first-order valence-corrected chi connectivity index (χ1v) is 9.24. The highest BCUT2D eigenvalue weighted by atomic mass is 16.5. The van der Waals surface area contributed by atoms with Crippen LogP contribution in [-0.4, -0.2) is 41.3 Å². The van der Waals surface area contributed by atoms with Gasteiger partial charge in [0.25, 0.3) is 5.91 Å². The lowest BCUT2D eigenvalue weighted by molar-refractivity contribution is -0.123. The van der Waals surface area contributed by atoms with Crippen molar-refractivity contribution in [2.45, 2.75) is 33.1 Å². The van der Waals surface area contributed by atoms with E-state index in [0.29, 0.717) is 18.7 Å². The topological polar surface area (TPSA) is 76.5 Å². The van der Waals surface area contributed by atoms with Gasteiger partial charge in [-0.1, -0.05) is 0 Å². The van der Waals surface area contributed by atoms with Crippen LogP contribution in [0, 0.1) is 13.8 Å². The van der Waals surface area contributed by atoms with E-state index in [-0.39, 0.29) is 18.4 Å². The first kappa shape index (κ1) is 18.9. The molecule has 0 unspecified atom stereocenters. The maximum Gasteiger partial charge on any atom is 0.257 e. The number of nitrogens with one attached hydrogen (secondary N) is 1. The zero-order valence-corrected chi connectivity index (χ0v) is 16.1. The fraction of sp³-hybridized carbons (Fsp3) is 0.450. The molecular weight excluding hydrogens is 344 g/mol. The predicted molar refractivity (Wildman–Crippen MR) is 103 cm³/mol. The van der Waals surface area contributed by atoms with Gasteiger partial charge in [-0.05, 0) is 56.5 Å². The summed E-state index contributed by atoms with van der Waals surface area (Å²) in [5.41, 5.74) is 4.16. The summed E-state index contributed by atoms with van der Waals surface area (Å²) < 4.78 is 7.39. The Balaban J connectivity index is 1.43. The van der Waals surface area contributed by atoms with Gasteiger partial charge in [-0.15, -0.1) is 0 Å². The van der Waals surface area contributed by atoms with Gasteiger partial charge < -0.3 is 15.0 Å². The van der Waals surface area contributed by atoms with Crippen molar-refractivity contribution in [3.8, 4) is 5.75 Å². The molecule has 0 spiro atoms. The van der Waals surface area contributed by atoms with Crippen LogP contribution in [0.15, 0.2) is 24.3 Å². The van der Waals surface area contributed by atoms with Crippen LogP contribution in [0.2, 0.25) is 0 Å². The normalized spacial score (nSPS) is 13.9. The number of nitrogens with zero attached hydrogens (tertiary/aromatic N) is 3. The van der Waals surface area contributed by atoms with Gasteiger partial charge in [0.2, 0.25) is 5.91 Å². The highest BCUT2D eigenvalue weighted by Crippen LogP contribution is 2.23. The summed E-state index contributed by atoms with van der Waals surface area (Å²) in [6, 6.07) is 7.28. The van der Waals surface area contributed by atoms with E-state index in [0.717, 1.165) is 36.5 Å². The summed E-state index contributed by atoms with van der Waals surface area (Å²) in [5.74, 6) is 0.606. The fourth-order valence-electron chi connectivity index (χ4n) is 3.35. The van der Waals surface area contributed by atoms with Gasteiger partial charge in [0.15, 0.2) is 6.61 Å². The molecule has 2 heterocycles. The van der Waals surface area contributed by atoms with E-state index >= 15 is 0 Å². The molecule has 0 aliphatic carbocycles. The highest BCUT2D eigenvalue weighted by molar-refractivity contribution is 5.95. The van der Waals surface area contributed by atoms with Crippen molar-refractivity contribution in [3.05, 3.63) is 41.2 Å². The van der Waals surface area contributed by atoms with Gasteiger partial charge in [0, 0.05) is 37.9 Å². The van der Waals surface area contributed by atoms with Gasteiger partial charge in [0.05, 0.1) is 5.69 Å². The highest BCUT2D eigenvalue weighted by Gasteiger charge is 2.21. The van der Waals surface area contributed by atoms with E-state index in [1.54, 1.807) is 17.0 Å². The van der Waals surface area contributed by atoms with Crippen LogP contribution in [-0.2, 0) is 23.1 Å². The first-order valence-electron chi connectivity index (χ1n) is 9.24. The predicted octanol–water partition coefficient (Wildman–Crippen LogP) is 1.90. The molecule has 0 saturated carbocycles. The summed E-state index contributed by atoms with van der Waals surface area (Å²) in [6.45, 7) is 5.28. The van der Waals surface area contributed by atoms with Crippen LogP contribution in [0.1, 0.15) is 29.8 Å². The third-order valence-corrected chi connectivity index (χ3v) is 4.95. The number of hydrogen-bond donors (Lipinski definition) is 1. The Bertz CT molecular complexity index is 826. The zero-order chi connectivity index (χ0) is 19.4. The number of aryl methyl sites for hydroxylation is 2. The second-order valence-corrected chi connectivity index (χ2v) is 6.80. The fourth-order valence-corrected chi connectivity index (χ4v) is 3.35. The first-order chi connectivity index (χ1) is 13.0. The Labute approximate surface area is 159 Å². The molecule has 1 aliphatic rings. The molecule has 2 amide bonds. The molecule has 3 rings (SSSR count). The van der Waals surface area contributed by atoms with E-state index < -0.39 is 0 Å². The maximum atomic E-state index is 12.0. The van der Waals surface area contributed by atoms with Crippen molar-refractivity contribution in [3.63, 3.8) is 0 Å². The van der Waals surface area contributed by atoms with Crippen molar-refractivity contribution in [2.75, 3.05) is 24.6 Å². The van der Waals surface area contributed by atoms with E-state index in [1.807, 2.05) is 37.7 Å². The van der Waals surface area contributed by atoms with Gasteiger partial charge in [-0.2, -0.15) is 5.10 Å². The molecule has 7 heteroatoms. The number of ether oxygens (including phenoxy) is 1. The third-order valence-electron chi connectivity index (χ3n) is 4.95. The molecule has 1 aromatic carbocycles. The van der Waals surface area contributed by atoms with Gasteiger partial charge in [-0.3, -0.25) is 14.3 Å². The van der Waals surface area contributed by atoms with Crippen molar-refractivity contribution in [2.24, 2.45) is 7.05 Å². The number of aromatic nitrogens is 2.